The van der Waals surface area contributed by atoms with Crippen molar-refractivity contribution in [1.82, 2.24) is 0 Å². The number of hydrogen-bond acceptors (Lipinski definition) is 1. The Morgan fingerprint density at radius 3 is 2.00 bits per heavy atom. The minimum Gasteiger partial charge on any atom is -0.181 e. The van der Waals surface area contributed by atoms with E-state index in [1.165, 1.54) is 0 Å². The highest BCUT2D eigenvalue weighted by atomic mass is 35.5. The zero-order valence-electron chi connectivity index (χ0n) is 3.40. The first-order valence-electron chi connectivity index (χ1n) is 1.60. The molecular weight excluding hydrogens is 161 g/mol. The smallest absolute Gasteiger partial charge is 0.181 e. The van der Waals surface area contributed by atoms with Crippen LogP contribution in [0, 0.1) is 0 Å². The number of hydrogen-bond donors (Lipinski definition) is 0. The highest BCUT2D eigenvalue weighted by molar-refractivity contribution is 8.09. The normalized spacial score (nSPS) is 11.9. The summed E-state index contributed by atoms with van der Waals surface area (Å²) in [7, 11) is 0. The van der Waals surface area contributed by atoms with Crippen LogP contribution in [-0.4, -0.2) is 12.0 Å². The Balaban J connectivity index is 3.36. The van der Waals surface area contributed by atoms with E-state index in [0.717, 1.165) is 0 Å². The van der Waals surface area contributed by atoms with Crippen molar-refractivity contribution >= 4 is 30.1 Å². The summed E-state index contributed by atoms with van der Waals surface area (Å²) in [6, 6.07) is 0. The Morgan fingerprint density at radius 2 is 2.00 bits per heavy atom. The van der Waals surface area contributed by atoms with Gasteiger partial charge in [0.25, 0.3) is 6.66 Å². The van der Waals surface area contributed by atoms with Crippen molar-refractivity contribution in [3.8, 4) is 0 Å². The molecule has 0 spiro atoms. The zero-order chi connectivity index (χ0) is 5.91. The van der Waals surface area contributed by atoms with Gasteiger partial charge < -0.3 is 0 Å². The molecule has 0 aliphatic rings. The van der Waals surface area contributed by atoms with Crippen molar-refractivity contribution in [3.63, 3.8) is 0 Å². The molecule has 0 aromatic heterocycles. The number of rotatable bonds is 2. The fraction of sp³-hybridized carbons (Fsp3) is 1.00. The summed E-state index contributed by atoms with van der Waals surface area (Å²) in [6.07, 6.45) is -0.302. The third-order valence-corrected chi connectivity index (χ3v) is 2.09. The molecule has 0 bridgehead atoms. The van der Waals surface area contributed by atoms with Crippen LogP contribution >= 0.6 is 18.3 Å². The van der Waals surface area contributed by atoms with Gasteiger partial charge in [0, 0.05) is 12.0 Å². The van der Waals surface area contributed by atoms with Gasteiger partial charge in [0.1, 0.15) is 0 Å². The second-order valence-electron chi connectivity index (χ2n) is 0.983. The molecular formula is C2H4ClF2PS. The lowest BCUT2D eigenvalue weighted by Gasteiger charge is -1.93. The number of halogens is 3. The first-order valence-corrected chi connectivity index (χ1v) is 4.91. The fourth-order valence-electron chi connectivity index (χ4n) is 0.0984. The van der Waals surface area contributed by atoms with Gasteiger partial charge in [-0.25, -0.2) is 0 Å². The molecule has 0 radical (unpaired) electrons. The Labute approximate surface area is 51.1 Å². The molecule has 5 heteroatoms. The lowest BCUT2D eigenvalue weighted by atomic mass is 11.0. The Bertz CT molecular complexity index is 89.7. The third-order valence-electron chi connectivity index (χ3n) is 0.345. The second-order valence-corrected chi connectivity index (χ2v) is 4.55. The maximum absolute atomic E-state index is 11.6. The molecule has 0 amide bonds. The third kappa shape index (κ3) is 6.80. The van der Waals surface area contributed by atoms with Gasteiger partial charge in [0.05, 0.1) is 0 Å². The maximum Gasteiger partial charge on any atom is 0.274 e. The van der Waals surface area contributed by atoms with Crippen LogP contribution in [0.25, 0.3) is 0 Å². The van der Waals surface area contributed by atoms with E-state index in [1.54, 1.807) is 0 Å². The lowest BCUT2D eigenvalue weighted by Crippen LogP contribution is -1.77. The van der Waals surface area contributed by atoms with Crippen LogP contribution in [-0.2, 0) is 11.8 Å². The molecule has 0 nitrogen and oxygen atoms in total. The first kappa shape index (κ1) is 7.80. The average Bonchev–Trinajstić information content (AvgIpc) is 1.30. The molecule has 7 heavy (non-hydrogen) atoms. The standard InChI is InChI=1S/C2H4ClF2PS/c3-1-2-6(4,5)7/h1-2H2. The van der Waals surface area contributed by atoms with E-state index in [-0.39, 0.29) is 12.0 Å². The van der Waals surface area contributed by atoms with Crippen molar-refractivity contribution < 1.29 is 8.39 Å². The van der Waals surface area contributed by atoms with Crippen LogP contribution in [0.4, 0.5) is 8.39 Å². The largest absolute Gasteiger partial charge is 0.274 e. The van der Waals surface area contributed by atoms with Crippen LogP contribution < -0.4 is 0 Å². The van der Waals surface area contributed by atoms with Crippen molar-refractivity contribution in [2.45, 2.75) is 0 Å². The molecule has 0 rings (SSSR count). The summed E-state index contributed by atoms with van der Waals surface area (Å²) in [5.41, 5.74) is 0. The van der Waals surface area contributed by atoms with Gasteiger partial charge in [0.15, 0.2) is 0 Å². The van der Waals surface area contributed by atoms with Gasteiger partial charge in [-0.05, 0) is 11.8 Å². The molecule has 0 atom stereocenters. The fourth-order valence-corrected chi connectivity index (χ4v) is 1.51. The molecule has 0 aromatic carbocycles. The molecule has 0 fully saturated rings. The monoisotopic (exact) mass is 164 g/mol. The summed E-state index contributed by atoms with van der Waals surface area (Å²) in [4.78, 5) is 0. The predicted molar refractivity (Wildman–Crippen MR) is 32.1 cm³/mol. The van der Waals surface area contributed by atoms with Crippen LogP contribution in [0.15, 0.2) is 0 Å². The lowest BCUT2D eigenvalue weighted by molar-refractivity contribution is 0.740. The summed E-state index contributed by atoms with van der Waals surface area (Å²) in [5.74, 6) is -0.0235. The van der Waals surface area contributed by atoms with Crippen molar-refractivity contribution in [2.24, 2.45) is 0 Å². The van der Waals surface area contributed by atoms with E-state index in [0.29, 0.717) is 0 Å². The molecule has 0 saturated carbocycles. The van der Waals surface area contributed by atoms with Crippen molar-refractivity contribution in [1.29, 1.82) is 0 Å². The Hall–Kier alpha value is 0.800. The minimum atomic E-state index is -3.96. The van der Waals surface area contributed by atoms with Gasteiger partial charge in [-0.3, -0.25) is 0 Å². The molecule has 44 valence electrons. The van der Waals surface area contributed by atoms with Crippen molar-refractivity contribution in [3.05, 3.63) is 0 Å². The minimum absolute atomic E-state index is 0.0235. The van der Waals surface area contributed by atoms with Crippen LogP contribution in [0.1, 0.15) is 0 Å². The van der Waals surface area contributed by atoms with Gasteiger partial charge in [-0.15, -0.1) is 11.6 Å². The quantitative estimate of drug-likeness (QED) is 0.446. The maximum atomic E-state index is 11.6. The van der Waals surface area contributed by atoms with E-state index in [1.807, 2.05) is 0 Å². The predicted octanol–water partition coefficient (Wildman–Crippen LogP) is 2.47. The summed E-state index contributed by atoms with van der Waals surface area (Å²) < 4.78 is 23.1. The molecule has 0 aliphatic carbocycles. The molecule has 0 unspecified atom stereocenters. The summed E-state index contributed by atoms with van der Waals surface area (Å²) >= 11 is 8.74. The van der Waals surface area contributed by atoms with E-state index in [4.69, 9.17) is 11.6 Å². The SMILES string of the molecule is FP(F)(=S)CCCl. The van der Waals surface area contributed by atoms with Crippen LogP contribution in [0.2, 0.25) is 0 Å². The molecule has 0 N–H and O–H groups in total. The van der Waals surface area contributed by atoms with Gasteiger partial charge in [-0.1, -0.05) is 0 Å². The zero-order valence-corrected chi connectivity index (χ0v) is 5.87. The van der Waals surface area contributed by atoms with E-state index < -0.39 is 6.66 Å². The topological polar surface area (TPSA) is 0 Å². The van der Waals surface area contributed by atoms with Gasteiger partial charge in [-0.2, -0.15) is 8.39 Å². The summed E-state index contributed by atoms with van der Waals surface area (Å²) in [6.45, 7) is -3.96. The highest BCUT2D eigenvalue weighted by Crippen LogP contribution is 2.49. The van der Waals surface area contributed by atoms with E-state index >= 15 is 0 Å². The average molecular weight is 165 g/mol. The van der Waals surface area contributed by atoms with Crippen molar-refractivity contribution in [2.75, 3.05) is 12.0 Å². The van der Waals surface area contributed by atoms with Gasteiger partial charge in [0.2, 0.25) is 0 Å². The van der Waals surface area contributed by atoms with Gasteiger partial charge >= 0.3 is 0 Å². The Kier molecular flexibility index (Phi) is 3.29. The molecule has 0 heterocycles. The van der Waals surface area contributed by atoms with E-state index in [9.17, 15) is 8.39 Å². The van der Waals surface area contributed by atoms with Crippen LogP contribution in [0.3, 0.4) is 0 Å². The molecule has 0 aliphatic heterocycles. The second kappa shape index (κ2) is 2.95. The molecule has 0 aromatic rings. The first-order chi connectivity index (χ1) is 3.06. The Morgan fingerprint density at radius 1 is 1.57 bits per heavy atom. The molecule has 0 saturated heterocycles. The summed E-state index contributed by atoms with van der Waals surface area (Å²) in [5, 5.41) is 0. The van der Waals surface area contributed by atoms with Crippen LogP contribution in [0.5, 0.6) is 0 Å². The van der Waals surface area contributed by atoms with E-state index in [2.05, 4.69) is 11.8 Å². The number of alkyl halides is 1. The highest BCUT2D eigenvalue weighted by Gasteiger charge is 2.09.